The van der Waals surface area contributed by atoms with Gasteiger partial charge in [0.2, 0.25) is 0 Å². The lowest BCUT2D eigenvalue weighted by Gasteiger charge is -2.47. The quantitative estimate of drug-likeness (QED) is 0.740. The van der Waals surface area contributed by atoms with E-state index in [4.69, 9.17) is 4.74 Å². The van der Waals surface area contributed by atoms with Crippen LogP contribution in [0.4, 0.5) is 0 Å². The van der Waals surface area contributed by atoms with Gasteiger partial charge in [0, 0.05) is 31.5 Å². The minimum absolute atomic E-state index is 0.121. The lowest BCUT2D eigenvalue weighted by atomic mass is 9.69. The van der Waals surface area contributed by atoms with Crippen molar-refractivity contribution in [1.82, 2.24) is 5.32 Å². The summed E-state index contributed by atoms with van der Waals surface area (Å²) in [5.74, 6) is 1.11. The molecule has 0 aromatic rings. The van der Waals surface area contributed by atoms with Crippen LogP contribution in [0.1, 0.15) is 32.1 Å². The number of Topliss-reactive ketones (excluding diaryl/α,β-unsaturated/α-hetero) is 1. The smallest absolute Gasteiger partial charge is 0.141 e. The fraction of sp³-hybridized carbons (Fsp3) is 0.917. The van der Waals surface area contributed by atoms with E-state index in [9.17, 15) is 4.79 Å². The first-order valence-corrected chi connectivity index (χ1v) is 6.18. The SMILES string of the molecule is O=C(C1CNC1)C1CCOC2(CCC2)C1. The zero-order chi connectivity index (χ0) is 10.3. The Morgan fingerprint density at radius 3 is 2.60 bits per heavy atom. The van der Waals surface area contributed by atoms with Crippen LogP contribution < -0.4 is 5.32 Å². The largest absolute Gasteiger partial charge is 0.375 e. The van der Waals surface area contributed by atoms with E-state index >= 15 is 0 Å². The van der Waals surface area contributed by atoms with Crippen molar-refractivity contribution in [2.24, 2.45) is 11.8 Å². The summed E-state index contributed by atoms with van der Waals surface area (Å²) in [5.41, 5.74) is 0.121. The molecule has 3 aliphatic rings. The van der Waals surface area contributed by atoms with Crippen molar-refractivity contribution in [3.8, 4) is 0 Å². The molecule has 0 radical (unpaired) electrons. The minimum atomic E-state index is 0.121. The number of ketones is 1. The lowest BCUT2D eigenvalue weighted by Crippen LogP contribution is -2.52. The Kier molecular flexibility index (Phi) is 2.33. The van der Waals surface area contributed by atoms with Gasteiger partial charge in [-0.2, -0.15) is 0 Å². The Balaban J connectivity index is 1.63. The Labute approximate surface area is 90.6 Å². The molecule has 84 valence electrons. The molecule has 1 aliphatic carbocycles. The second-order valence-electron chi connectivity index (χ2n) is 5.33. The standard InChI is InChI=1S/C12H19NO2/c14-11(10-7-13-8-10)9-2-5-15-12(6-9)3-1-4-12/h9-10,13H,1-8H2. The van der Waals surface area contributed by atoms with E-state index in [0.717, 1.165) is 32.5 Å². The van der Waals surface area contributed by atoms with Crippen LogP contribution in [0.2, 0.25) is 0 Å². The molecule has 2 aliphatic heterocycles. The van der Waals surface area contributed by atoms with Crippen LogP contribution >= 0.6 is 0 Å². The second kappa shape index (κ2) is 3.56. The maximum absolute atomic E-state index is 12.1. The van der Waals surface area contributed by atoms with E-state index in [1.165, 1.54) is 19.3 Å². The number of hydrogen-bond acceptors (Lipinski definition) is 3. The third-order valence-corrected chi connectivity index (χ3v) is 4.34. The zero-order valence-corrected chi connectivity index (χ0v) is 9.13. The molecular weight excluding hydrogens is 190 g/mol. The number of rotatable bonds is 2. The highest BCUT2D eigenvalue weighted by molar-refractivity contribution is 5.84. The first-order chi connectivity index (χ1) is 7.29. The van der Waals surface area contributed by atoms with Crippen molar-refractivity contribution in [3.05, 3.63) is 0 Å². The molecule has 3 fully saturated rings. The van der Waals surface area contributed by atoms with Crippen molar-refractivity contribution in [2.75, 3.05) is 19.7 Å². The summed E-state index contributed by atoms with van der Waals surface area (Å²) in [6, 6.07) is 0. The molecule has 1 saturated carbocycles. The third-order valence-electron chi connectivity index (χ3n) is 4.34. The highest BCUT2D eigenvalue weighted by atomic mass is 16.5. The molecule has 15 heavy (non-hydrogen) atoms. The van der Waals surface area contributed by atoms with Crippen LogP contribution in [0.25, 0.3) is 0 Å². The normalized spacial score (nSPS) is 34.5. The first-order valence-electron chi connectivity index (χ1n) is 6.18. The molecule has 2 heterocycles. The summed E-state index contributed by atoms with van der Waals surface area (Å²) < 4.78 is 5.85. The van der Waals surface area contributed by atoms with E-state index in [-0.39, 0.29) is 5.60 Å². The fourth-order valence-electron chi connectivity index (χ4n) is 3.01. The summed E-state index contributed by atoms with van der Waals surface area (Å²) >= 11 is 0. The number of carbonyl (C=O) groups is 1. The molecule has 0 amide bonds. The molecule has 2 saturated heterocycles. The number of nitrogens with one attached hydrogen (secondary N) is 1. The van der Waals surface area contributed by atoms with Gasteiger partial charge in [-0.25, -0.2) is 0 Å². The van der Waals surface area contributed by atoms with Crippen LogP contribution in [0.5, 0.6) is 0 Å². The van der Waals surface area contributed by atoms with Crippen LogP contribution in [0, 0.1) is 11.8 Å². The van der Waals surface area contributed by atoms with Gasteiger partial charge < -0.3 is 10.1 Å². The summed E-state index contributed by atoms with van der Waals surface area (Å²) in [6.45, 7) is 2.61. The van der Waals surface area contributed by atoms with Gasteiger partial charge in [0.05, 0.1) is 5.60 Å². The van der Waals surface area contributed by atoms with Gasteiger partial charge in [0.25, 0.3) is 0 Å². The van der Waals surface area contributed by atoms with Crippen LogP contribution in [-0.2, 0) is 9.53 Å². The maximum Gasteiger partial charge on any atom is 0.141 e. The number of hydrogen-bond donors (Lipinski definition) is 1. The molecule has 0 aromatic heterocycles. The number of ether oxygens (including phenoxy) is 1. The Bertz CT molecular complexity index is 269. The third kappa shape index (κ3) is 1.62. The molecule has 1 N–H and O–H groups in total. The predicted octanol–water partition coefficient (Wildman–Crippen LogP) is 1.12. The van der Waals surface area contributed by atoms with Crippen molar-refractivity contribution >= 4 is 5.78 Å². The summed E-state index contributed by atoms with van der Waals surface area (Å²) in [7, 11) is 0. The average Bonchev–Trinajstić information content (AvgIpc) is 2.13. The summed E-state index contributed by atoms with van der Waals surface area (Å²) in [6.07, 6.45) is 5.60. The molecule has 3 nitrogen and oxygen atoms in total. The van der Waals surface area contributed by atoms with Crippen molar-refractivity contribution in [2.45, 2.75) is 37.7 Å². The van der Waals surface area contributed by atoms with Gasteiger partial charge >= 0.3 is 0 Å². The van der Waals surface area contributed by atoms with Crippen molar-refractivity contribution in [3.63, 3.8) is 0 Å². The van der Waals surface area contributed by atoms with Gasteiger partial charge in [-0.1, -0.05) is 0 Å². The second-order valence-corrected chi connectivity index (χ2v) is 5.33. The van der Waals surface area contributed by atoms with E-state index in [2.05, 4.69) is 5.32 Å². The molecular formula is C12H19NO2. The highest BCUT2D eigenvalue weighted by Crippen LogP contribution is 2.44. The molecule has 1 spiro atoms. The zero-order valence-electron chi connectivity index (χ0n) is 9.13. The van der Waals surface area contributed by atoms with Crippen LogP contribution in [-0.4, -0.2) is 31.1 Å². The van der Waals surface area contributed by atoms with E-state index in [1.54, 1.807) is 0 Å². The molecule has 3 heteroatoms. The fourth-order valence-corrected chi connectivity index (χ4v) is 3.01. The molecule has 1 unspecified atom stereocenters. The van der Waals surface area contributed by atoms with Crippen molar-refractivity contribution in [1.29, 1.82) is 0 Å². The topological polar surface area (TPSA) is 38.3 Å². The van der Waals surface area contributed by atoms with Gasteiger partial charge in [-0.3, -0.25) is 4.79 Å². The molecule has 1 atom stereocenters. The maximum atomic E-state index is 12.1. The van der Waals surface area contributed by atoms with Crippen molar-refractivity contribution < 1.29 is 9.53 Å². The van der Waals surface area contributed by atoms with E-state index in [0.29, 0.717) is 17.6 Å². The van der Waals surface area contributed by atoms with E-state index in [1.807, 2.05) is 0 Å². The summed E-state index contributed by atoms with van der Waals surface area (Å²) in [5, 5.41) is 3.18. The summed E-state index contributed by atoms with van der Waals surface area (Å²) in [4.78, 5) is 12.1. The Morgan fingerprint density at radius 2 is 2.07 bits per heavy atom. The molecule has 0 aromatic carbocycles. The van der Waals surface area contributed by atoms with Gasteiger partial charge in [0.1, 0.15) is 5.78 Å². The highest BCUT2D eigenvalue weighted by Gasteiger charge is 2.45. The number of carbonyl (C=O) groups excluding carboxylic acids is 1. The molecule has 0 bridgehead atoms. The average molecular weight is 209 g/mol. The monoisotopic (exact) mass is 209 g/mol. The first kappa shape index (κ1) is 9.79. The molecule has 3 rings (SSSR count). The van der Waals surface area contributed by atoms with Crippen LogP contribution in [0.15, 0.2) is 0 Å². The van der Waals surface area contributed by atoms with E-state index < -0.39 is 0 Å². The minimum Gasteiger partial charge on any atom is -0.375 e. The Morgan fingerprint density at radius 1 is 1.27 bits per heavy atom. The van der Waals surface area contributed by atoms with Gasteiger partial charge in [-0.05, 0) is 32.1 Å². The van der Waals surface area contributed by atoms with Crippen LogP contribution in [0.3, 0.4) is 0 Å². The van der Waals surface area contributed by atoms with Gasteiger partial charge in [-0.15, -0.1) is 0 Å². The Hall–Kier alpha value is -0.410. The lowest BCUT2D eigenvalue weighted by molar-refractivity contribution is -0.158. The van der Waals surface area contributed by atoms with Gasteiger partial charge in [0.15, 0.2) is 0 Å². The predicted molar refractivity (Wildman–Crippen MR) is 56.6 cm³/mol.